The fourth-order valence-electron chi connectivity index (χ4n) is 7.71. The fraction of sp³-hybridized carbons (Fsp3) is 0. The fourth-order valence-corrected chi connectivity index (χ4v) is 8.93. The molecule has 0 atom stereocenters. The molecule has 1 heteroatoms. The molecule has 0 saturated heterocycles. The Morgan fingerprint density at radius 3 is 1.60 bits per heavy atom. The molecule has 10 rings (SSSR count). The first kappa shape index (κ1) is 26.5. The average molecular weight is 613 g/mol. The summed E-state index contributed by atoms with van der Waals surface area (Å²) in [5.41, 5.74) is 7.58. The number of benzene rings is 9. The van der Waals surface area contributed by atoms with E-state index in [4.69, 9.17) is 0 Å². The number of fused-ring (bicyclic) bond motifs is 8. The highest BCUT2D eigenvalue weighted by Gasteiger charge is 2.20. The minimum absolute atomic E-state index is 1.23. The smallest absolute Gasteiger partial charge is 0.0434 e. The summed E-state index contributed by atoms with van der Waals surface area (Å²) < 4.78 is 2.70. The van der Waals surface area contributed by atoms with Crippen LogP contribution >= 0.6 is 11.3 Å². The average Bonchev–Trinajstić information content (AvgIpc) is 3.52. The van der Waals surface area contributed by atoms with Crippen LogP contribution in [0.1, 0.15) is 0 Å². The van der Waals surface area contributed by atoms with Gasteiger partial charge in [-0.25, -0.2) is 0 Å². The van der Waals surface area contributed by atoms with E-state index in [9.17, 15) is 0 Å². The van der Waals surface area contributed by atoms with E-state index in [0.717, 1.165) is 0 Å². The third-order valence-electron chi connectivity index (χ3n) is 9.82. The SMILES string of the molecule is c1cc(-c2ccc3ccccc3c2)cc(-c2c3ccccc3c(-c3cc4c5ccccc5sc4c4ccccc34)c3ccccc23)c1. The number of rotatable bonds is 3. The summed E-state index contributed by atoms with van der Waals surface area (Å²) in [4.78, 5) is 0. The molecule has 0 aliphatic heterocycles. The van der Waals surface area contributed by atoms with Gasteiger partial charge in [0.15, 0.2) is 0 Å². The van der Waals surface area contributed by atoms with Gasteiger partial charge in [0.1, 0.15) is 0 Å². The van der Waals surface area contributed by atoms with Crippen LogP contribution in [-0.2, 0) is 0 Å². The van der Waals surface area contributed by atoms with E-state index in [2.05, 4.69) is 170 Å². The first-order chi connectivity index (χ1) is 23.3. The minimum Gasteiger partial charge on any atom is -0.135 e. The van der Waals surface area contributed by atoms with Crippen LogP contribution in [0.5, 0.6) is 0 Å². The Kier molecular flexibility index (Phi) is 5.85. The van der Waals surface area contributed by atoms with E-state index in [1.807, 2.05) is 11.3 Å². The van der Waals surface area contributed by atoms with Crippen molar-refractivity contribution in [2.45, 2.75) is 0 Å². The number of thiophene rings is 1. The van der Waals surface area contributed by atoms with Crippen LogP contribution in [0.2, 0.25) is 0 Å². The maximum absolute atomic E-state index is 2.46. The third kappa shape index (κ3) is 4.07. The summed E-state index contributed by atoms with van der Waals surface area (Å²) in [7, 11) is 0. The highest BCUT2D eigenvalue weighted by Crippen LogP contribution is 2.48. The Morgan fingerprint density at radius 2 is 0.851 bits per heavy atom. The van der Waals surface area contributed by atoms with Gasteiger partial charge in [-0.1, -0.05) is 146 Å². The molecule has 47 heavy (non-hydrogen) atoms. The molecule has 1 heterocycles. The molecular formula is C46H28S. The van der Waals surface area contributed by atoms with Crippen LogP contribution in [-0.4, -0.2) is 0 Å². The predicted octanol–water partition coefficient (Wildman–Crippen LogP) is 13.7. The van der Waals surface area contributed by atoms with Crippen molar-refractivity contribution in [1.29, 1.82) is 0 Å². The van der Waals surface area contributed by atoms with Crippen molar-refractivity contribution < 1.29 is 0 Å². The Hall–Kier alpha value is -5.76. The van der Waals surface area contributed by atoms with Gasteiger partial charge >= 0.3 is 0 Å². The molecule has 0 amide bonds. The van der Waals surface area contributed by atoms with Crippen LogP contribution in [0.4, 0.5) is 0 Å². The van der Waals surface area contributed by atoms with Gasteiger partial charge in [-0.3, -0.25) is 0 Å². The van der Waals surface area contributed by atoms with E-state index in [1.54, 1.807) is 0 Å². The Bertz CT molecular complexity index is 2800. The number of hydrogen-bond acceptors (Lipinski definition) is 1. The van der Waals surface area contributed by atoms with Gasteiger partial charge in [0.25, 0.3) is 0 Å². The molecule has 0 unspecified atom stereocenters. The van der Waals surface area contributed by atoms with Crippen LogP contribution in [0.25, 0.3) is 96.6 Å². The van der Waals surface area contributed by atoms with Crippen molar-refractivity contribution in [3.05, 3.63) is 170 Å². The van der Waals surface area contributed by atoms with Gasteiger partial charge in [-0.15, -0.1) is 11.3 Å². The van der Waals surface area contributed by atoms with Gasteiger partial charge in [-0.2, -0.15) is 0 Å². The van der Waals surface area contributed by atoms with Gasteiger partial charge in [0.05, 0.1) is 0 Å². The zero-order valence-electron chi connectivity index (χ0n) is 25.6. The summed E-state index contributed by atoms with van der Waals surface area (Å²) in [6.07, 6.45) is 0. The van der Waals surface area contributed by atoms with Gasteiger partial charge in [-0.05, 0) is 95.3 Å². The van der Waals surface area contributed by atoms with E-state index >= 15 is 0 Å². The molecule has 0 nitrogen and oxygen atoms in total. The maximum Gasteiger partial charge on any atom is 0.0434 e. The Balaban J connectivity index is 1.28. The van der Waals surface area contributed by atoms with Crippen molar-refractivity contribution in [2.75, 3.05) is 0 Å². The van der Waals surface area contributed by atoms with Crippen molar-refractivity contribution in [2.24, 2.45) is 0 Å². The lowest BCUT2D eigenvalue weighted by Crippen LogP contribution is -1.92. The summed E-state index contributed by atoms with van der Waals surface area (Å²) in [5.74, 6) is 0. The zero-order chi connectivity index (χ0) is 30.9. The van der Waals surface area contributed by atoms with Crippen LogP contribution < -0.4 is 0 Å². The molecule has 10 aromatic rings. The molecule has 9 aromatic carbocycles. The lowest BCUT2D eigenvalue weighted by molar-refractivity contribution is 1.63. The highest BCUT2D eigenvalue weighted by molar-refractivity contribution is 7.26. The molecule has 0 aliphatic carbocycles. The van der Waals surface area contributed by atoms with Crippen molar-refractivity contribution in [1.82, 2.24) is 0 Å². The zero-order valence-corrected chi connectivity index (χ0v) is 26.4. The third-order valence-corrected chi connectivity index (χ3v) is 11.0. The first-order valence-corrected chi connectivity index (χ1v) is 17.0. The van der Waals surface area contributed by atoms with Crippen molar-refractivity contribution in [3.63, 3.8) is 0 Å². The molecule has 0 N–H and O–H groups in total. The molecule has 0 saturated carbocycles. The molecule has 0 fully saturated rings. The Labute approximate surface area is 276 Å². The second-order valence-electron chi connectivity index (χ2n) is 12.4. The quantitative estimate of drug-likeness (QED) is 0.174. The standard InChI is InChI=1S/C46H28S/c1-2-13-30-26-32(25-24-29(30)12-1)31-14-11-15-33(27-31)44-36-18-4-6-20-38(36)45(39-21-7-5-19-37(39)44)41-28-42-35-17-9-10-23-43(35)47-46(42)40-22-8-3-16-34(40)41/h1-28H. The van der Waals surface area contributed by atoms with Gasteiger partial charge < -0.3 is 0 Å². The lowest BCUT2D eigenvalue weighted by atomic mass is 9.84. The lowest BCUT2D eigenvalue weighted by Gasteiger charge is -2.19. The highest BCUT2D eigenvalue weighted by atomic mass is 32.1. The predicted molar refractivity (Wildman–Crippen MR) is 206 cm³/mol. The molecular weight excluding hydrogens is 585 g/mol. The second kappa shape index (κ2) is 10.4. The van der Waals surface area contributed by atoms with Crippen molar-refractivity contribution >= 4 is 74.6 Å². The molecule has 0 spiro atoms. The maximum atomic E-state index is 2.46. The van der Waals surface area contributed by atoms with Crippen LogP contribution in [0.15, 0.2) is 170 Å². The molecule has 1 aromatic heterocycles. The van der Waals surface area contributed by atoms with Crippen LogP contribution in [0, 0.1) is 0 Å². The van der Waals surface area contributed by atoms with E-state index in [1.165, 1.54) is 96.6 Å². The Morgan fingerprint density at radius 1 is 0.298 bits per heavy atom. The topological polar surface area (TPSA) is 0 Å². The largest absolute Gasteiger partial charge is 0.135 e. The monoisotopic (exact) mass is 612 g/mol. The summed E-state index contributed by atoms with van der Waals surface area (Å²) in [6, 6.07) is 62.7. The first-order valence-electron chi connectivity index (χ1n) is 16.2. The van der Waals surface area contributed by atoms with E-state index in [-0.39, 0.29) is 0 Å². The molecule has 218 valence electrons. The number of hydrogen-bond donors (Lipinski definition) is 0. The molecule has 0 bridgehead atoms. The van der Waals surface area contributed by atoms with E-state index in [0.29, 0.717) is 0 Å². The summed E-state index contributed by atoms with van der Waals surface area (Å²) in [5, 5.41) is 12.9. The summed E-state index contributed by atoms with van der Waals surface area (Å²) in [6.45, 7) is 0. The van der Waals surface area contributed by atoms with E-state index < -0.39 is 0 Å². The van der Waals surface area contributed by atoms with Crippen LogP contribution in [0.3, 0.4) is 0 Å². The second-order valence-corrected chi connectivity index (χ2v) is 13.5. The van der Waals surface area contributed by atoms with Gasteiger partial charge in [0, 0.05) is 25.6 Å². The molecule has 0 aliphatic rings. The molecule has 0 radical (unpaired) electrons. The normalized spacial score (nSPS) is 11.8. The minimum atomic E-state index is 1.23. The summed E-state index contributed by atoms with van der Waals surface area (Å²) >= 11 is 1.90. The van der Waals surface area contributed by atoms with Gasteiger partial charge in [0.2, 0.25) is 0 Å². The van der Waals surface area contributed by atoms with Crippen molar-refractivity contribution in [3.8, 4) is 33.4 Å².